The number of likely N-dealkylation sites (tertiary alicyclic amines) is 1. The highest BCUT2D eigenvalue weighted by Crippen LogP contribution is 2.23. The molecule has 1 aliphatic heterocycles. The van der Waals surface area contributed by atoms with E-state index in [1.165, 1.54) is 0 Å². The van der Waals surface area contributed by atoms with E-state index in [0.717, 1.165) is 19.3 Å². The number of methoxy groups -OCH3 is 1. The zero-order valence-corrected chi connectivity index (χ0v) is 10.2. The normalized spacial score (nSPS) is 22.9. The van der Waals surface area contributed by atoms with E-state index in [2.05, 4.69) is 5.32 Å². The van der Waals surface area contributed by atoms with Crippen molar-refractivity contribution in [3.05, 3.63) is 0 Å². The lowest BCUT2D eigenvalue weighted by atomic mass is 10.0. The number of halogens is 3. The van der Waals surface area contributed by atoms with Gasteiger partial charge in [0.25, 0.3) is 0 Å². The smallest absolute Gasteiger partial charge is 0.383 e. The van der Waals surface area contributed by atoms with Crippen molar-refractivity contribution in [1.29, 1.82) is 0 Å². The summed E-state index contributed by atoms with van der Waals surface area (Å²) in [4.78, 5) is 1.54. The molecule has 0 bridgehead atoms. The van der Waals surface area contributed by atoms with Gasteiger partial charge in [-0.15, -0.1) is 0 Å². The first-order valence-electron chi connectivity index (χ1n) is 6.03. The molecular weight excluding hydrogens is 233 g/mol. The minimum Gasteiger partial charge on any atom is -0.383 e. The van der Waals surface area contributed by atoms with Gasteiger partial charge in [-0.1, -0.05) is 6.42 Å². The average molecular weight is 254 g/mol. The molecule has 0 aliphatic carbocycles. The highest BCUT2D eigenvalue weighted by atomic mass is 19.4. The number of ether oxygens (including phenoxy) is 1. The lowest BCUT2D eigenvalue weighted by molar-refractivity contribution is -0.153. The molecule has 1 fully saturated rings. The van der Waals surface area contributed by atoms with Crippen LogP contribution in [0.25, 0.3) is 0 Å². The van der Waals surface area contributed by atoms with Crippen molar-refractivity contribution in [1.82, 2.24) is 10.2 Å². The third-order valence-electron chi connectivity index (χ3n) is 2.99. The fourth-order valence-electron chi connectivity index (χ4n) is 2.17. The average Bonchev–Trinajstić information content (AvgIpc) is 2.24. The molecule has 102 valence electrons. The van der Waals surface area contributed by atoms with E-state index in [4.69, 9.17) is 4.74 Å². The summed E-state index contributed by atoms with van der Waals surface area (Å²) >= 11 is 0. The fourth-order valence-corrected chi connectivity index (χ4v) is 2.17. The number of nitrogens with one attached hydrogen (secondary N) is 1. The van der Waals surface area contributed by atoms with Crippen LogP contribution in [0.3, 0.4) is 0 Å². The molecule has 1 aliphatic rings. The second-order valence-electron chi connectivity index (χ2n) is 4.43. The first-order valence-corrected chi connectivity index (χ1v) is 6.03. The topological polar surface area (TPSA) is 24.5 Å². The Bertz CT molecular complexity index is 211. The third-order valence-corrected chi connectivity index (χ3v) is 2.99. The fraction of sp³-hybridized carbons (Fsp3) is 1.00. The van der Waals surface area contributed by atoms with Gasteiger partial charge in [-0.25, -0.2) is 0 Å². The van der Waals surface area contributed by atoms with Gasteiger partial charge in [0.15, 0.2) is 0 Å². The van der Waals surface area contributed by atoms with Crippen LogP contribution >= 0.6 is 0 Å². The van der Waals surface area contributed by atoms with Gasteiger partial charge in [0.2, 0.25) is 0 Å². The van der Waals surface area contributed by atoms with Gasteiger partial charge in [0.05, 0.1) is 13.2 Å². The minimum absolute atomic E-state index is 0.00207. The Morgan fingerprint density at radius 1 is 1.35 bits per heavy atom. The summed E-state index contributed by atoms with van der Waals surface area (Å²) in [6.07, 6.45) is -1.37. The molecule has 1 unspecified atom stereocenters. The van der Waals surface area contributed by atoms with Crippen molar-refractivity contribution in [2.75, 3.05) is 39.9 Å². The van der Waals surface area contributed by atoms with Crippen molar-refractivity contribution in [3.8, 4) is 0 Å². The number of rotatable bonds is 6. The zero-order chi connectivity index (χ0) is 12.7. The van der Waals surface area contributed by atoms with Crippen LogP contribution in [0.4, 0.5) is 13.2 Å². The molecule has 0 aromatic rings. The van der Waals surface area contributed by atoms with Gasteiger partial charge in [0.1, 0.15) is 0 Å². The van der Waals surface area contributed by atoms with Gasteiger partial charge in [-0.3, -0.25) is 4.90 Å². The van der Waals surface area contributed by atoms with E-state index in [1.807, 2.05) is 0 Å². The van der Waals surface area contributed by atoms with Crippen LogP contribution in [0.5, 0.6) is 0 Å². The number of nitrogens with zero attached hydrogens (tertiary/aromatic N) is 1. The quantitative estimate of drug-likeness (QED) is 0.729. The van der Waals surface area contributed by atoms with Crippen LogP contribution in [-0.2, 0) is 4.74 Å². The molecule has 0 aromatic heterocycles. The Kier molecular flexibility index (Phi) is 6.22. The summed E-state index contributed by atoms with van der Waals surface area (Å²) in [7, 11) is 1.61. The summed E-state index contributed by atoms with van der Waals surface area (Å²) in [6, 6.07) is 0.00207. The SMILES string of the molecule is COCCNCC1CCCCN1CC(F)(F)F. The lowest BCUT2D eigenvalue weighted by Gasteiger charge is -2.36. The van der Waals surface area contributed by atoms with Crippen molar-refractivity contribution in [2.24, 2.45) is 0 Å². The highest BCUT2D eigenvalue weighted by molar-refractivity contribution is 4.80. The zero-order valence-electron chi connectivity index (χ0n) is 10.2. The minimum atomic E-state index is -4.10. The molecular formula is C11H21F3N2O. The van der Waals surface area contributed by atoms with Crippen molar-refractivity contribution in [3.63, 3.8) is 0 Å². The molecule has 3 nitrogen and oxygen atoms in total. The summed E-state index contributed by atoms with van der Waals surface area (Å²) in [6.45, 7) is 1.65. The molecule has 1 heterocycles. The molecule has 1 saturated heterocycles. The molecule has 0 radical (unpaired) electrons. The van der Waals surface area contributed by atoms with Crippen molar-refractivity contribution < 1.29 is 17.9 Å². The van der Waals surface area contributed by atoms with E-state index in [1.54, 1.807) is 12.0 Å². The van der Waals surface area contributed by atoms with Crippen LogP contribution in [0, 0.1) is 0 Å². The first-order chi connectivity index (χ1) is 8.03. The Hall–Kier alpha value is -0.330. The lowest BCUT2D eigenvalue weighted by Crippen LogP contribution is -2.49. The van der Waals surface area contributed by atoms with Gasteiger partial charge in [-0.05, 0) is 19.4 Å². The molecule has 17 heavy (non-hydrogen) atoms. The molecule has 1 atom stereocenters. The molecule has 0 amide bonds. The van der Waals surface area contributed by atoms with Gasteiger partial charge < -0.3 is 10.1 Å². The second-order valence-corrected chi connectivity index (χ2v) is 4.43. The summed E-state index contributed by atoms with van der Waals surface area (Å²) in [5, 5.41) is 3.14. The van der Waals surface area contributed by atoms with E-state index >= 15 is 0 Å². The maximum atomic E-state index is 12.4. The molecule has 0 saturated carbocycles. The third kappa shape index (κ3) is 6.24. The Balaban J connectivity index is 2.32. The molecule has 1 N–H and O–H groups in total. The molecule has 0 spiro atoms. The number of piperidine rings is 1. The van der Waals surface area contributed by atoms with E-state index in [9.17, 15) is 13.2 Å². The van der Waals surface area contributed by atoms with Crippen LogP contribution in [0.1, 0.15) is 19.3 Å². The Morgan fingerprint density at radius 2 is 2.12 bits per heavy atom. The Morgan fingerprint density at radius 3 is 2.76 bits per heavy atom. The van der Waals surface area contributed by atoms with E-state index in [-0.39, 0.29) is 6.04 Å². The standard InChI is InChI=1S/C11H21F3N2O/c1-17-7-5-15-8-10-4-2-3-6-16(10)9-11(12,13)14/h10,15H,2-9H2,1H3. The second kappa shape index (κ2) is 7.18. The van der Waals surface area contributed by atoms with Crippen molar-refractivity contribution >= 4 is 0 Å². The van der Waals surface area contributed by atoms with Gasteiger partial charge >= 0.3 is 6.18 Å². The summed E-state index contributed by atoms with van der Waals surface area (Å²) in [5.74, 6) is 0. The number of hydrogen-bond donors (Lipinski definition) is 1. The summed E-state index contributed by atoms with van der Waals surface area (Å²) in [5.41, 5.74) is 0. The van der Waals surface area contributed by atoms with Crippen LogP contribution in [-0.4, -0.2) is 57.0 Å². The monoisotopic (exact) mass is 254 g/mol. The first kappa shape index (κ1) is 14.7. The van der Waals surface area contributed by atoms with Crippen molar-refractivity contribution in [2.45, 2.75) is 31.5 Å². The largest absolute Gasteiger partial charge is 0.401 e. The predicted molar refractivity (Wildman–Crippen MR) is 60.0 cm³/mol. The summed E-state index contributed by atoms with van der Waals surface area (Å²) < 4.78 is 42.0. The number of alkyl halides is 3. The maximum absolute atomic E-state index is 12.4. The predicted octanol–water partition coefficient (Wildman–Crippen LogP) is 1.64. The van der Waals surface area contributed by atoms with Crippen LogP contribution < -0.4 is 5.32 Å². The molecule has 0 aromatic carbocycles. The van der Waals surface area contributed by atoms with Gasteiger partial charge in [0, 0.05) is 26.2 Å². The number of hydrogen-bond acceptors (Lipinski definition) is 3. The van der Waals surface area contributed by atoms with Crippen LogP contribution in [0.15, 0.2) is 0 Å². The molecule has 1 rings (SSSR count). The van der Waals surface area contributed by atoms with Gasteiger partial charge in [-0.2, -0.15) is 13.2 Å². The van der Waals surface area contributed by atoms with Crippen LogP contribution in [0.2, 0.25) is 0 Å². The van der Waals surface area contributed by atoms with E-state index in [0.29, 0.717) is 26.2 Å². The highest BCUT2D eigenvalue weighted by Gasteiger charge is 2.34. The molecule has 6 heteroatoms. The Labute approximate surface area is 100 Å². The van der Waals surface area contributed by atoms with E-state index < -0.39 is 12.7 Å². The maximum Gasteiger partial charge on any atom is 0.401 e.